The van der Waals surface area contributed by atoms with Gasteiger partial charge in [0.1, 0.15) is 22.4 Å². The van der Waals surface area contributed by atoms with E-state index in [1.165, 1.54) is 0 Å². The Labute approximate surface area is 269 Å². The highest BCUT2D eigenvalue weighted by Crippen LogP contribution is 2.18. The molecule has 0 aromatic heterocycles. The summed E-state index contributed by atoms with van der Waals surface area (Å²) in [4.78, 5) is 68.4. The van der Waals surface area contributed by atoms with E-state index in [1.54, 1.807) is 92.9 Å². The second-order valence-corrected chi connectivity index (χ2v) is 15.1. The largest absolute Gasteiger partial charge is 0.480 e. The van der Waals surface area contributed by atoms with Gasteiger partial charge in [-0.25, -0.2) is 0 Å². The predicted molar refractivity (Wildman–Crippen MR) is 169 cm³/mol. The van der Waals surface area contributed by atoms with Crippen molar-refractivity contribution in [2.75, 3.05) is 58.9 Å². The first-order valence-corrected chi connectivity index (χ1v) is 15.5. The fourth-order valence-electron chi connectivity index (χ4n) is 3.97. The van der Waals surface area contributed by atoms with Crippen LogP contribution in [0.5, 0.6) is 0 Å². The summed E-state index contributed by atoms with van der Waals surface area (Å²) in [5.74, 6) is -4.97. The van der Waals surface area contributed by atoms with E-state index in [0.717, 1.165) is 0 Å². The highest BCUT2D eigenvalue weighted by atomic mass is 16.6. The molecule has 0 aliphatic heterocycles. The summed E-state index contributed by atoms with van der Waals surface area (Å²) in [5.41, 5.74) is -3.16. The number of nitrogens with zero attached hydrogens (tertiary/aromatic N) is 3. The van der Waals surface area contributed by atoms with Crippen LogP contribution in [0.2, 0.25) is 0 Å². The van der Waals surface area contributed by atoms with Gasteiger partial charge in [-0.1, -0.05) is 6.92 Å². The molecule has 0 saturated heterocycles. The lowest BCUT2D eigenvalue weighted by Crippen LogP contribution is -2.48. The van der Waals surface area contributed by atoms with Crippen molar-refractivity contribution in [3.63, 3.8) is 0 Å². The van der Waals surface area contributed by atoms with E-state index in [1.807, 2.05) is 11.8 Å². The number of likely N-dealkylation sites (N-methyl/N-ethyl adjacent to an activating group) is 1. The second kappa shape index (κ2) is 17.8. The van der Waals surface area contributed by atoms with E-state index >= 15 is 0 Å². The molecule has 0 aliphatic carbocycles. The Balaban J connectivity index is 6.03. The van der Waals surface area contributed by atoms with E-state index in [-0.39, 0.29) is 45.2 Å². The van der Waals surface area contributed by atoms with E-state index in [9.17, 15) is 29.1 Å². The van der Waals surface area contributed by atoms with Gasteiger partial charge in [0, 0.05) is 32.7 Å². The molecular weight excluding hydrogens is 586 g/mol. The van der Waals surface area contributed by atoms with Crippen molar-refractivity contribution in [2.24, 2.45) is 5.92 Å². The molecule has 262 valence electrons. The lowest BCUT2D eigenvalue weighted by atomic mass is 10.1. The molecule has 45 heavy (non-hydrogen) atoms. The van der Waals surface area contributed by atoms with Crippen LogP contribution in [0.3, 0.4) is 0 Å². The van der Waals surface area contributed by atoms with Gasteiger partial charge < -0.3 is 24.1 Å². The van der Waals surface area contributed by atoms with Gasteiger partial charge in [0.05, 0.1) is 19.6 Å². The van der Waals surface area contributed by atoms with Crippen molar-refractivity contribution in [3.05, 3.63) is 0 Å². The number of carbonyl (C=O) groups is 5. The highest BCUT2D eigenvalue weighted by Gasteiger charge is 2.37. The van der Waals surface area contributed by atoms with Crippen molar-refractivity contribution in [2.45, 2.75) is 112 Å². The van der Waals surface area contributed by atoms with E-state index in [2.05, 4.69) is 0 Å². The molecule has 0 aliphatic rings. The molecule has 0 bridgehead atoms. The number of carboxylic acid groups (broad SMARTS) is 1. The van der Waals surface area contributed by atoms with Crippen molar-refractivity contribution < 1.29 is 48.0 Å². The zero-order valence-electron chi connectivity index (χ0n) is 29.9. The third-order valence-corrected chi connectivity index (χ3v) is 5.64. The molecule has 0 spiro atoms. The van der Waals surface area contributed by atoms with Gasteiger partial charge in [0.15, 0.2) is 5.92 Å². The van der Waals surface area contributed by atoms with E-state index in [4.69, 9.17) is 18.9 Å². The molecule has 0 aromatic carbocycles. The van der Waals surface area contributed by atoms with Gasteiger partial charge in [-0.15, -0.1) is 0 Å². The molecule has 0 unspecified atom stereocenters. The summed E-state index contributed by atoms with van der Waals surface area (Å²) >= 11 is 0. The van der Waals surface area contributed by atoms with Gasteiger partial charge in [-0.05, 0) is 89.6 Å². The minimum atomic E-state index is -1.37. The van der Waals surface area contributed by atoms with Gasteiger partial charge in [0.25, 0.3) is 0 Å². The number of hydrogen-bond donors (Lipinski definition) is 1. The molecule has 0 radical (unpaired) electrons. The monoisotopic (exact) mass is 645 g/mol. The molecule has 0 heterocycles. The van der Waals surface area contributed by atoms with Gasteiger partial charge in [-0.2, -0.15) is 0 Å². The third-order valence-electron chi connectivity index (χ3n) is 5.64. The summed E-state index contributed by atoms with van der Waals surface area (Å²) in [7, 11) is 0. The SMILES string of the molecule is CCN(CCN(CCN(CC(=O)OC(C)(C)C)CC(C(=O)OC(C)(C)C)C(=O)OC(C)(C)C)CC(=O)O)CC(=O)OC(C)(C)C. The minimum absolute atomic E-state index is 0.0485. The molecule has 13 heteroatoms. The molecule has 0 fully saturated rings. The number of hydrogen-bond acceptors (Lipinski definition) is 12. The Morgan fingerprint density at radius 1 is 0.533 bits per heavy atom. The Bertz CT molecular complexity index is 959. The number of carboxylic acids is 1. The number of ether oxygens (including phenoxy) is 4. The van der Waals surface area contributed by atoms with Crippen LogP contribution in [0.15, 0.2) is 0 Å². The Hall–Kier alpha value is -2.77. The third kappa shape index (κ3) is 22.4. The summed E-state index contributed by atoms with van der Waals surface area (Å²) < 4.78 is 22.0. The van der Waals surface area contributed by atoms with Crippen LogP contribution < -0.4 is 0 Å². The van der Waals surface area contributed by atoms with Crippen molar-refractivity contribution in [1.82, 2.24) is 14.7 Å². The predicted octanol–water partition coefficient (Wildman–Crippen LogP) is 2.98. The molecular formula is C32H59N3O10. The maximum Gasteiger partial charge on any atom is 0.322 e. The van der Waals surface area contributed by atoms with Crippen LogP contribution in [0.25, 0.3) is 0 Å². The molecule has 0 aromatic rings. The Kier molecular flexibility index (Phi) is 16.7. The zero-order chi connectivity index (χ0) is 35.4. The van der Waals surface area contributed by atoms with E-state index in [0.29, 0.717) is 19.6 Å². The van der Waals surface area contributed by atoms with Crippen molar-refractivity contribution in [3.8, 4) is 0 Å². The normalized spacial score (nSPS) is 12.9. The average Bonchev–Trinajstić information content (AvgIpc) is 2.77. The zero-order valence-corrected chi connectivity index (χ0v) is 29.9. The number of esters is 4. The number of carbonyl (C=O) groups excluding carboxylic acids is 4. The van der Waals surface area contributed by atoms with Crippen LogP contribution in [-0.4, -0.2) is 131 Å². The summed E-state index contributed by atoms with van der Waals surface area (Å²) in [5, 5.41) is 9.59. The maximum atomic E-state index is 13.2. The average molecular weight is 646 g/mol. The fraction of sp³-hybridized carbons (Fsp3) is 0.844. The summed E-state index contributed by atoms with van der Waals surface area (Å²) in [6.07, 6.45) is 0. The molecule has 13 nitrogen and oxygen atoms in total. The molecule has 0 saturated carbocycles. The standard InChI is InChI=1S/C32H59N3O10/c1-14-33(21-25(38)42-29(2,3)4)15-16-34(20-24(36)37)17-18-35(22-26(39)43-30(5,6)7)19-23(27(40)44-31(8,9)10)28(41)45-32(11,12)13/h23H,14-22H2,1-13H3,(H,36,37). The van der Waals surface area contributed by atoms with Gasteiger partial charge in [0.2, 0.25) is 0 Å². The molecule has 1 N–H and O–H groups in total. The molecule has 0 rings (SSSR count). The first kappa shape index (κ1) is 42.2. The van der Waals surface area contributed by atoms with Crippen LogP contribution >= 0.6 is 0 Å². The van der Waals surface area contributed by atoms with Crippen LogP contribution in [0, 0.1) is 5.92 Å². The van der Waals surface area contributed by atoms with E-state index < -0.39 is 52.2 Å². The molecule has 0 atom stereocenters. The van der Waals surface area contributed by atoms with Crippen LogP contribution in [0.4, 0.5) is 0 Å². The summed E-state index contributed by atoms with van der Waals surface area (Å²) in [6.45, 7) is 23.3. The van der Waals surface area contributed by atoms with Crippen molar-refractivity contribution in [1.29, 1.82) is 0 Å². The topological polar surface area (TPSA) is 152 Å². The summed E-state index contributed by atoms with van der Waals surface area (Å²) in [6, 6.07) is 0. The lowest BCUT2D eigenvalue weighted by molar-refractivity contribution is -0.176. The highest BCUT2D eigenvalue weighted by molar-refractivity contribution is 5.95. The smallest absolute Gasteiger partial charge is 0.322 e. The first-order valence-electron chi connectivity index (χ1n) is 15.5. The minimum Gasteiger partial charge on any atom is -0.480 e. The van der Waals surface area contributed by atoms with Crippen LogP contribution in [0.1, 0.15) is 90.0 Å². The second-order valence-electron chi connectivity index (χ2n) is 15.1. The van der Waals surface area contributed by atoms with Crippen molar-refractivity contribution >= 4 is 29.8 Å². The maximum absolute atomic E-state index is 13.2. The quantitative estimate of drug-likeness (QED) is 0.140. The first-order chi connectivity index (χ1) is 20.2. The molecule has 0 amide bonds. The fourth-order valence-corrected chi connectivity index (χ4v) is 3.97. The Morgan fingerprint density at radius 2 is 0.867 bits per heavy atom. The number of aliphatic carboxylic acids is 1. The number of rotatable bonds is 17. The van der Waals surface area contributed by atoms with Crippen LogP contribution in [-0.2, 0) is 42.9 Å². The Morgan fingerprint density at radius 3 is 1.20 bits per heavy atom. The van der Waals surface area contributed by atoms with Gasteiger partial charge in [-0.3, -0.25) is 38.7 Å². The lowest BCUT2D eigenvalue weighted by Gasteiger charge is -2.32. The van der Waals surface area contributed by atoms with Gasteiger partial charge >= 0.3 is 29.8 Å².